The number of nitrogens with zero attached hydrogens (tertiary/aromatic N) is 1. The fourth-order valence-electron chi connectivity index (χ4n) is 6.25. The first kappa shape index (κ1) is 20.1. The number of carbonyl (C=O) groups excluding carboxylic acids is 3. The zero-order valence-electron chi connectivity index (χ0n) is 18.3. The van der Waals surface area contributed by atoms with Gasteiger partial charge in [0.2, 0.25) is 5.91 Å². The molecule has 3 aliphatic carbocycles. The number of amides is 1. The van der Waals surface area contributed by atoms with E-state index in [4.69, 9.17) is 10.5 Å². The van der Waals surface area contributed by atoms with Crippen molar-refractivity contribution in [3.8, 4) is 0 Å². The lowest BCUT2D eigenvalue weighted by atomic mass is 9.64. The summed E-state index contributed by atoms with van der Waals surface area (Å²) >= 11 is 0. The van der Waals surface area contributed by atoms with Crippen molar-refractivity contribution in [3.63, 3.8) is 0 Å². The number of carbonyl (C=O) groups is 3. The van der Waals surface area contributed by atoms with Crippen molar-refractivity contribution < 1.29 is 19.1 Å². The SMILES string of the molecule is C[C@]12C=CC3=CC4=C(CC(C(N)=O)CC4=O)O[C@H]3[C@@H]1CC(=O)[C@@H]2c1cccc2cnccc12. The summed E-state index contributed by atoms with van der Waals surface area (Å²) < 4.78 is 6.41. The first-order chi connectivity index (χ1) is 15.9. The molecule has 33 heavy (non-hydrogen) atoms. The van der Waals surface area contributed by atoms with E-state index in [0.29, 0.717) is 24.2 Å². The molecule has 6 rings (SSSR count). The highest BCUT2D eigenvalue weighted by Crippen LogP contribution is 2.58. The average molecular weight is 440 g/mol. The first-order valence-corrected chi connectivity index (χ1v) is 11.4. The van der Waals surface area contributed by atoms with Crippen LogP contribution in [0.4, 0.5) is 0 Å². The predicted octanol–water partition coefficient (Wildman–Crippen LogP) is 3.53. The van der Waals surface area contributed by atoms with E-state index >= 15 is 0 Å². The zero-order chi connectivity index (χ0) is 22.9. The maximum absolute atomic E-state index is 13.5. The summed E-state index contributed by atoms with van der Waals surface area (Å²) in [4.78, 5) is 42.1. The van der Waals surface area contributed by atoms with Crippen LogP contribution >= 0.6 is 0 Å². The van der Waals surface area contributed by atoms with Crippen molar-refractivity contribution in [2.45, 2.75) is 38.2 Å². The summed E-state index contributed by atoms with van der Waals surface area (Å²) in [5.41, 5.74) is 7.52. The van der Waals surface area contributed by atoms with Crippen molar-refractivity contribution in [1.82, 2.24) is 4.98 Å². The Balaban J connectivity index is 1.42. The summed E-state index contributed by atoms with van der Waals surface area (Å²) in [6.07, 6.45) is 10.1. The Morgan fingerprint density at radius 3 is 2.85 bits per heavy atom. The van der Waals surface area contributed by atoms with Gasteiger partial charge in [-0.2, -0.15) is 0 Å². The lowest BCUT2D eigenvalue weighted by Crippen LogP contribution is -2.42. The number of benzene rings is 1. The van der Waals surface area contributed by atoms with Gasteiger partial charge in [0.1, 0.15) is 17.6 Å². The molecule has 166 valence electrons. The van der Waals surface area contributed by atoms with Gasteiger partial charge >= 0.3 is 0 Å². The second-order valence-corrected chi connectivity index (χ2v) is 9.80. The highest BCUT2D eigenvalue weighted by Gasteiger charge is 2.57. The number of Topliss-reactive ketones (excluding diaryl/α,β-unsaturated/α-hetero) is 2. The molecule has 4 aliphatic rings. The maximum Gasteiger partial charge on any atom is 0.221 e. The molecule has 2 aromatic rings. The Hall–Kier alpha value is -3.54. The summed E-state index contributed by atoms with van der Waals surface area (Å²) in [5, 5.41) is 2.05. The van der Waals surface area contributed by atoms with Crippen molar-refractivity contribution in [2.24, 2.45) is 23.0 Å². The minimum atomic E-state index is -0.543. The van der Waals surface area contributed by atoms with E-state index in [1.54, 1.807) is 6.20 Å². The standard InChI is InChI=1S/C27H24N2O4/c1-27-7-5-14-9-19-21(30)10-16(26(28)32)11-23(19)33-25(14)20(27)12-22(31)24(27)18-4-2-3-15-13-29-8-6-17(15)18/h2-9,13,16,20,24-25H,10-12H2,1H3,(H2,28,32)/t16?,20-,24-,25+,27-/m0/s1. The van der Waals surface area contributed by atoms with Crippen molar-refractivity contribution in [3.05, 3.63) is 77.4 Å². The molecular formula is C27H24N2O4. The quantitative estimate of drug-likeness (QED) is 0.770. The molecule has 1 fully saturated rings. The molecule has 0 saturated heterocycles. The summed E-state index contributed by atoms with van der Waals surface area (Å²) in [5.74, 6) is -0.776. The third kappa shape index (κ3) is 2.86. The summed E-state index contributed by atoms with van der Waals surface area (Å²) in [6, 6.07) is 8.00. The number of nitrogens with two attached hydrogens (primary N) is 1. The summed E-state index contributed by atoms with van der Waals surface area (Å²) in [7, 11) is 0. The van der Waals surface area contributed by atoms with Gasteiger partial charge in [-0.15, -0.1) is 0 Å². The monoisotopic (exact) mass is 440 g/mol. The van der Waals surface area contributed by atoms with Crippen LogP contribution in [0.1, 0.15) is 37.7 Å². The molecule has 0 spiro atoms. The molecule has 1 saturated carbocycles. The fraction of sp³-hybridized carbons (Fsp3) is 0.333. The maximum atomic E-state index is 13.5. The number of primary amides is 1. The lowest BCUT2D eigenvalue weighted by Gasteiger charge is -2.44. The van der Waals surface area contributed by atoms with Crippen molar-refractivity contribution in [1.29, 1.82) is 0 Å². The topological polar surface area (TPSA) is 99.4 Å². The number of ether oxygens (including phenoxy) is 1. The Labute approximate surface area is 191 Å². The van der Waals surface area contributed by atoms with Crippen LogP contribution in [0.2, 0.25) is 0 Å². The minimum absolute atomic E-state index is 0.0681. The number of hydrogen-bond acceptors (Lipinski definition) is 5. The van der Waals surface area contributed by atoms with Crippen LogP contribution in [0.5, 0.6) is 0 Å². The molecule has 1 aromatic carbocycles. The number of aromatic nitrogens is 1. The van der Waals surface area contributed by atoms with Gasteiger partial charge in [-0.1, -0.05) is 37.3 Å². The van der Waals surface area contributed by atoms with Crippen LogP contribution in [-0.2, 0) is 19.1 Å². The first-order valence-electron chi connectivity index (χ1n) is 11.4. The molecule has 1 unspecified atom stereocenters. The Morgan fingerprint density at radius 1 is 1.18 bits per heavy atom. The van der Waals surface area contributed by atoms with E-state index in [1.165, 1.54) is 0 Å². The highest BCUT2D eigenvalue weighted by molar-refractivity contribution is 6.02. The lowest BCUT2D eigenvalue weighted by molar-refractivity contribution is -0.127. The molecule has 2 heterocycles. The number of hydrogen-bond donors (Lipinski definition) is 1. The van der Waals surface area contributed by atoms with E-state index < -0.39 is 17.2 Å². The molecular weight excluding hydrogens is 416 g/mol. The molecule has 2 N–H and O–H groups in total. The molecule has 6 nitrogen and oxygen atoms in total. The predicted molar refractivity (Wildman–Crippen MR) is 122 cm³/mol. The highest BCUT2D eigenvalue weighted by atomic mass is 16.5. The molecule has 1 aromatic heterocycles. The van der Waals surface area contributed by atoms with Crippen LogP contribution in [0.15, 0.2) is 71.8 Å². The van der Waals surface area contributed by atoms with E-state index in [9.17, 15) is 14.4 Å². The van der Waals surface area contributed by atoms with Gasteiger partial charge < -0.3 is 10.5 Å². The molecule has 1 amide bonds. The third-order valence-electron chi connectivity index (χ3n) is 7.97. The van der Waals surface area contributed by atoms with Crippen LogP contribution in [0.3, 0.4) is 0 Å². The Morgan fingerprint density at radius 2 is 2.03 bits per heavy atom. The molecule has 5 atom stereocenters. The largest absolute Gasteiger partial charge is 0.489 e. The van der Waals surface area contributed by atoms with E-state index in [-0.39, 0.29) is 35.9 Å². The average Bonchev–Trinajstić information content (AvgIpc) is 3.08. The molecule has 1 aliphatic heterocycles. The van der Waals surface area contributed by atoms with Crippen LogP contribution in [-0.4, -0.2) is 28.6 Å². The van der Waals surface area contributed by atoms with E-state index in [0.717, 1.165) is 21.9 Å². The fourth-order valence-corrected chi connectivity index (χ4v) is 6.25. The van der Waals surface area contributed by atoms with Gasteiger partial charge in [0.25, 0.3) is 0 Å². The molecule has 6 heteroatoms. The molecule has 0 bridgehead atoms. The normalized spacial score (nSPS) is 32.7. The number of allylic oxidation sites excluding steroid dienone is 4. The van der Waals surface area contributed by atoms with Gasteiger partial charge in [-0.05, 0) is 28.7 Å². The number of fused-ring (bicyclic) bond motifs is 4. The third-order valence-corrected chi connectivity index (χ3v) is 7.97. The van der Waals surface area contributed by atoms with Crippen molar-refractivity contribution in [2.75, 3.05) is 0 Å². The Kier molecular flexibility index (Phi) is 4.25. The van der Waals surface area contributed by atoms with Gasteiger partial charge in [0, 0.05) is 48.4 Å². The minimum Gasteiger partial charge on any atom is -0.489 e. The second kappa shape index (κ2) is 6.98. The van der Waals surface area contributed by atoms with Gasteiger partial charge in [-0.3, -0.25) is 19.4 Å². The zero-order valence-corrected chi connectivity index (χ0v) is 18.3. The number of pyridine rings is 1. The van der Waals surface area contributed by atoms with Gasteiger partial charge in [-0.25, -0.2) is 0 Å². The van der Waals surface area contributed by atoms with Gasteiger partial charge in [0.15, 0.2) is 5.78 Å². The van der Waals surface area contributed by atoms with Crippen LogP contribution < -0.4 is 5.73 Å². The van der Waals surface area contributed by atoms with E-state index in [2.05, 4.69) is 18.0 Å². The number of rotatable bonds is 2. The Bertz CT molecular complexity index is 1330. The smallest absolute Gasteiger partial charge is 0.221 e. The van der Waals surface area contributed by atoms with E-state index in [1.807, 2.05) is 42.6 Å². The number of ketones is 2. The molecule has 0 radical (unpaired) electrons. The van der Waals surface area contributed by atoms with Crippen molar-refractivity contribution >= 4 is 28.2 Å². The van der Waals surface area contributed by atoms with Crippen LogP contribution in [0, 0.1) is 17.3 Å². The van der Waals surface area contributed by atoms with Gasteiger partial charge in [0.05, 0.1) is 17.4 Å². The summed E-state index contributed by atoms with van der Waals surface area (Å²) in [6.45, 7) is 2.13. The van der Waals surface area contributed by atoms with Crippen LogP contribution in [0.25, 0.3) is 10.8 Å². The second-order valence-electron chi connectivity index (χ2n) is 9.80.